The molecule has 1 N–H and O–H groups in total. The van der Waals surface area contributed by atoms with Crippen molar-refractivity contribution in [2.75, 3.05) is 5.32 Å². The van der Waals surface area contributed by atoms with Crippen LogP contribution >= 0.6 is 0 Å². The van der Waals surface area contributed by atoms with Gasteiger partial charge in [0.25, 0.3) is 0 Å². The second kappa shape index (κ2) is 4.59. The first-order valence-electron chi connectivity index (χ1n) is 6.86. The van der Waals surface area contributed by atoms with E-state index in [-0.39, 0.29) is 0 Å². The summed E-state index contributed by atoms with van der Waals surface area (Å²) in [7, 11) is 0. The van der Waals surface area contributed by atoms with Gasteiger partial charge in [0.05, 0.1) is 0 Å². The van der Waals surface area contributed by atoms with Crippen LogP contribution in [0.25, 0.3) is 16.4 Å². The Morgan fingerprint density at radius 1 is 0.952 bits per heavy atom. The lowest BCUT2D eigenvalue weighted by molar-refractivity contribution is 0.965. The summed E-state index contributed by atoms with van der Waals surface area (Å²) in [5.41, 5.74) is 3.04. The topological polar surface area (TPSA) is 42.2 Å². The molecule has 0 atom stereocenters. The standard InChI is InChI=1S/C17H14N4/c1-12-8-16-18-11-19-21(16)17(9-12)20-15-7-6-13-4-2-3-5-14(13)10-15/h2-11,20H,1H3. The second-order valence-electron chi connectivity index (χ2n) is 5.13. The van der Waals surface area contributed by atoms with Crippen molar-refractivity contribution in [1.29, 1.82) is 0 Å². The zero-order valence-electron chi connectivity index (χ0n) is 11.6. The lowest BCUT2D eigenvalue weighted by atomic mass is 10.1. The number of pyridine rings is 1. The van der Waals surface area contributed by atoms with Crippen LogP contribution in [-0.2, 0) is 0 Å². The third-order valence-corrected chi connectivity index (χ3v) is 3.55. The number of rotatable bonds is 2. The Hall–Kier alpha value is -2.88. The third-order valence-electron chi connectivity index (χ3n) is 3.55. The van der Waals surface area contributed by atoms with Crippen LogP contribution in [-0.4, -0.2) is 14.6 Å². The van der Waals surface area contributed by atoms with Gasteiger partial charge in [-0.25, -0.2) is 4.98 Å². The SMILES string of the molecule is Cc1cc(Nc2ccc3ccccc3c2)n2ncnc2c1. The van der Waals surface area contributed by atoms with Crippen molar-refractivity contribution in [2.24, 2.45) is 0 Å². The molecule has 2 heterocycles. The summed E-state index contributed by atoms with van der Waals surface area (Å²) in [5.74, 6) is 0.915. The van der Waals surface area contributed by atoms with Crippen LogP contribution < -0.4 is 5.32 Å². The van der Waals surface area contributed by atoms with Gasteiger partial charge in [0, 0.05) is 5.69 Å². The van der Waals surface area contributed by atoms with Crippen molar-refractivity contribution in [3.05, 3.63) is 66.5 Å². The smallest absolute Gasteiger partial charge is 0.157 e. The molecule has 0 unspecified atom stereocenters. The number of hydrogen-bond donors (Lipinski definition) is 1. The van der Waals surface area contributed by atoms with Gasteiger partial charge in [0.15, 0.2) is 5.65 Å². The molecule has 0 aliphatic heterocycles. The normalized spacial score (nSPS) is 11.1. The molecule has 2 aromatic carbocycles. The van der Waals surface area contributed by atoms with Crippen molar-refractivity contribution >= 4 is 27.9 Å². The summed E-state index contributed by atoms with van der Waals surface area (Å²) in [4.78, 5) is 4.24. The predicted octanol–water partition coefficient (Wildman–Crippen LogP) is 3.93. The summed E-state index contributed by atoms with van der Waals surface area (Å²) in [5, 5.41) is 10.1. The molecular formula is C17H14N4. The average Bonchev–Trinajstić information content (AvgIpc) is 2.95. The highest BCUT2D eigenvalue weighted by atomic mass is 15.3. The van der Waals surface area contributed by atoms with E-state index in [0.29, 0.717) is 0 Å². The number of aryl methyl sites for hydroxylation is 1. The van der Waals surface area contributed by atoms with Crippen LogP contribution in [0.4, 0.5) is 11.5 Å². The van der Waals surface area contributed by atoms with E-state index >= 15 is 0 Å². The molecule has 4 aromatic rings. The first kappa shape index (κ1) is 11.9. The third kappa shape index (κ3) is 2.10. The van der Waals surface area contributed by atoms with Crippen molar-refractivity contribution in [1.82, 2.24) is 14.6 Å². The molecule has 0 aliphatic carbocycles. The zero-order chi connectivity index (χ0) is 14.2. The monoisotopic (exact) mass is 274 g/mol. The molecule has 0 radical (unpaired) electrons. The van der Waals surface area contributed by atoms with Gasteiger partial charge in [-0.2, -0.15) is 9.61 Å². The Bertz CT molecular complexity index is 940. The second-order valence-corrected chi connectivity index (χ2v) is 5.13. The van der Waals surface area contributed by atoms with Crippen LogP contribution in [0.2, 0.25) is 0 Å². The molecule has 0 saturated carbocycles. The highest BCUT2D eigenvalue weighted by Gasteiger charge is 2.05. The number of nitrogens with one attached hydrogen (secondary N) is 1. The Morgan fingerprint density at radius 2 is 1.81 bits per heavy atom. The molecule has 0 amide bonds. The molecule has 102 valence electrons. The minimum atomic E-state index is 0.846. The predicted molar refractivity (Wildman–Crippen MR) is 85.0 cm³/mol. The zero-order valence-corrected chi connectivity index (χ0v) is 11.6. The van der Waals surface area contributed by atoms with E-state index in [2.05, 4.69) is 70.9 Å². The number of nitrogens with zero attached hydrogens (tertiary/aromatic N) is 3. The molecular weight excluding hydrogens is 260 g/mol. The number of benzene rings is 2. The number of aromatic nitrogens is 3. The molecule has 0 saturated heterocycles. The fourth-order valence-corrected chi connectivity index (χ4v) is 2.56. The van der Waals surface area contributed by atoms with Crippen LogP contribution in [0.1, 0.15) is 5.56 Å². The average molecular weight is 274 g/mol. The van der Waals surface area contributed by atoms with Gasteiger partial charge in [-0.05, 0) is 47.5 Å². The van der Waals surface area contributed by atoms with E-state index in [1.165, 1.54) is 10.8 Å². The summed E-state index contributed by atoms with van der Waals surface area (Å²) in [6.07, 6.45) is 1.57. The van der Waals surface area contributed by atoms with Gasteiger partial charge >= 0.3 is 0 Å². The van der Waals surface area contributed by atoms with E-state index in [0.717, 1.165) is 22.7 Å². The fraction of sp³-hybridized carbons (Fsp3) is 0.0588. The van der Waals surface area contributed by atoms with Crippen LogP contribution in [0.3, 0.4) is 0 Å². The minimum absolute atomic E-state index is 0.846. The Kier molecular flexibility index (Phi) is 2.60. The van der Waals surface area contributed by atoms with Gasteiger partial charge in [-0.3, -0.25) is 0 Å². The van der Waals surface area contributed by atoms with Crippen molar-refractivity contribution in [3.8, 4) is 0 Å². The van der Waals surface area contributed by atoms with Gasteiger partial charge < -0.3 is 5.32 Å². The molecule has 21 heavy (non-hydrogen) atoms. The maximum Gasteiger partial charge on any atom is 0.157 e. The maximum absolute atomic E-state index is 4.26. The summed E-state index contributed by atoms with van der Waals surface area (Å²) in [6.45, 7) is 2.06. The van der Waals surface area contributed by atoms with E-state index in [4.69, 9.17) is 0 Å². The summed E-state index contributed by atoms with van der Waals surface area (Å²) >= 11 is 0. The fourth-order valence-electron chi connectivity index (χ4n) is 2.56. The van der Waals surface area contributed by atoms with Gasteiger partial charge in [-0.15, -0.1) is 0 Å². The van der Waals surface area contributed by atoms with E-state index in [1.54, 1.807) is 6.33 Å². The Morgan fingerprint density at radius 3 is 2.71 bits per heavy atom. The first-order chi connectivity index (χ1) is 10.3. The molecule has 4 heteroatoms. The van der Waals surface area contributed by atoms with E-state index < -0.39 is 0 Å². The lowest BCUT2D eigenvalue weighted by Gasteiger charge is -2.10. The van der Waals surface area contributed by atoms with Crippen LogP contribution in [0.5, 0.6) is 0 Å². The number of fused-ring (bicyclic) bond motifs is 2. The Balaban J connectivity index is 1.80. The Labute approximate surface area is 122 Å². The molecule has 0 fully saturated rings. The van der Waals surface area contributed by atoms with Gasteiger partial charge in [0.2, 0.25) is 0 Å². The van der Waals surface area contributed by atoms with E-state index in [9.17, 15) is 0 Å². The van der Waals surface area contributed by atoms with Crippen LogP contribution in [0.15, 0.2) is 60.9 Å². The van der Waals surface area contributed by atoms with Crippen molar-refractivity contribution < 1.29 is 0 Å². The minimum Gasteiger partial charge on any atom is -0.340 e. The molecule has 0 spiro atoms. The van der Waals surface area contributed by atoms with E-state index in [1.807, 2.05) is 10.6 Å². The highest BCUT2D eigenvalue weighted by molar-refractivity contribution is 5.86. The van der Waals surface area contributed by atoms with Crippen molar-refractivity contribution in [2.45, 2.75) is 6.92 Å². The molecule has 4 nitrogen and oxygen atoms in total. The summed E-state index contributed by atoms with van der Waals surface area (Å²) < 4.78 is 1.81. The molecule has 0 bridgehead atoms. The lowest BCUT2D eigenvalue weighted by Crippen LogP contribution is -2.00. The largest absolute Gasteiger partial charge is 0.340 e. The summed E-state index contributed by atoms with van der Waals surface area (Å²) in [6, 6.07) is 18.7. The maximum atomic E-state index is 4.26. The number of anilines is 2. The molecule has 4 rings (SSSR count). The molecule has 0 aliphatic rings. The van der Waals surface area contributed by atoms with Gasteiger partial charge in [0.1, 0.15) is 12.1 Å². The van der Waals surface area contributed by atoms with Crippen LogP contribution in [0, 0.1) is 6.92 Å². The quantitative estimate of drug-likeness (QED) is 0.602. The number of hydrogen-bond acceptors (Lipinski definition) is 3. The van der Waals surface area contributed by atoms with Gasteiger partial charge in [-0.1, -0.05) is 30.3 Å². The molecule has 2 aromatic heterocycles. The highest BCUT2D eigenvalue weighted by Crippen LogP contribution is 2.23. The first-order valence-corrected chi connectivity index (χ1v) is 6.86. The van der Waals surface area contributed by atoms with Crippen molar-refractivity contribution in [3.63, 3.8) is 0 Å².